The van der Waals surface area contributed by atoms with Gasteiger partial charge in [-0.25, -0.2) is 19.7 Å². The number of nitrogens with zero attached hydrogens (tertiary/aromatic N) is 4. The molecule has 0 fully saturated rings. The fourth-order valence-electron chi connectivity index (χ4n) is 3.07. The lowest BCUT2D eigenvalue weighted by Gasteiger charge is -2.32. The van der Waals surface area contributed by atoms with E-state index in [2.05, 4.69) is 42.6 Å². The smallest absolute Gasteiger partial charge is 0.410 e. The number of aryl methyl sites for hydroxylation is 2. The highest BCUT2D eigenvalue weighted by atomic mass is 16.6. The van der Waals surface area contributed by atoms with Gasteiger partial charge in [-0.2, -0.15) is 0 Å². The van der Waals surface area contributed by atoms with E-state index >= 15 is 0 Å². The van der Waals surface area contributed by atoms with Crippen LogP contribution in [0.4, 0.5) is 10.7 Å². The number of carbonyl (C=O) groups is 1. The second kappa shape index (κ2) is 9.46. The molecule has 0 N–H and O–H groups in total. The topological polar surface area (TPSA) is 58.6 Å². The number of para-hydroxylation sites is 1. The molecule has 0 saturated carbocycles. The van der Waals surface area contributed by atoms with E-state index in [0.717, 1.165) is 11.4 Å². The van der Waals surface area contributed by atoms with E-state index in [-0.39, 0.29) is 0 Å². The lowest BCUT2D eigenvalue weighted by Crippen LogP contribution is -2.45. The molecule has 0 aliphatic heterocycles. The predicted molar refractivity (Wildman–Crippen MR) is 108 cm³/mol. The van der Waals surface area contributed by atoms with Crippen LogP contribution in [0.25, 0.3) is 0 Å². The SMILES string of the molecule is Cc1cc(C)nc(N(CCN(C(C)C)C(C)C)C(=O)Oc2ccccc2)n1. The van der Waals surface area contributed by atoms with Crippen LogP contribution in [0.1, 0.15) is 39.1 Å². The van der Waals surface area contributed by atoms with Crippen molar-refractivity contribution in [1.82, 2.24) is 14.9 Å². The summed E-state index contributed by atoms with van der Waals surface area (Å²) >= 11 is 0. The van der Waals surface area contributed by atoms with Crippen molar-refractivity contribution in [3.05, 3.63) is 47.8 Å². The Morgan fingerprint density at radius 3 is 2.04 bits per heavy atom. The molecule has 0 aliphatic carbocycles. The molecular weight excluding hydrogens is 340 g/mol. The van der Waals surface area contributed by atoms with Gasteiger partial charge in [0, 0.05) is 36.6 Å². The average Bonchev–Trinajstić information content (AvgIpc) is 2.57. The summed E-state index contributed by atoms with van der Waals surface area (Å²) in [7, 11) is 0. The van der Waals surface area contributed by atoms with Gasteiger partial charge in [0.15, 0.2) is 0 Å². The van der Waals surface area contributed by atoms with Crippen molar-refractivity contribution in [2.45, 2.75) is 53.6 Å². The highest BCUT2D eigenvalue weighted by Crippen LogP contribution is 2.16. The molecule has 0 bridgehead atoms. The van der Waals surface area contributed by atoms with Crippen LogP contribution < -0.4 is 9.64 Å². The van der Waals surface area contributed by atoms with Crippen LogP contribution in [0.5, 0.6) is 5.75 Å². The van der Waals surface area contributed by atoms with Crippen molar-refractivity contribution in [3.8, 4) is 5.75 Å². The Hall–Kier alpha value is -2.47. The minimum atomic E-state index is -0.473. The number of anilines is 1. The zero-order valence-corrected chi connectivity index (χ0v) is 17.1. The Morgan fingerprint density at radius 2 is 1.52 bits per heavy atom. The zero-order valence-electron chi connectivity index (χ0n) is 17.1. The number of ether oxygens (including phenoxy) is 1. The number of hydrogen-bond acceptors (Lipinski definition) is 5. The van der Waals surface area contributed by atoms with Crippen LogP contribution in [0.15, 0.2) is 36.4 Å². The van der Waals surface area contributed by atoms with Crippen molar-refractivity contribution >= 4 is 12.0 Å². The summed E-state index contributed by atoms with van der Waals surface area (Å²) in [5.74, 6) is 0.877. The first kappa shape index (κ1) is 20.8. The third-order valence-electron chi connectivity index (χ3n) is 4.29. The van der Waals surface area contributed by atoms with Gasteiger partial charge < -0.3 is 4.74 Å². The quantitative estimate of drug-likeness (QED) is 0.730. The van der Waals surface area contributed by atoms with Gasteiger partial charge in [0.05, 0.1) is 0 Å². The summed E-state index contributed by atoms with van der Waals surface area (Å²) in [6, 6.07) is 11.7. The maximum absolute atomic E-state index is 12.9. The summed E-state index contributed by atoms with van der Waals surface area (Å²) < 4.78 is 5.55. The van der Waals surface area contributed by atoms with Crippen LogP contribution >= 0.6 is 0 Å². The summed E-state index contributed by atoms with van der Waals surface area (Å²) in [6.45, 7) is 13.6. The summed E-state index contributed by atoms with van der Waals surface area (Å²) in [5.41, 5.74) is 1.64. The van der Waals surface area contributed by atoms with E-state index in [9.17, 15) is 4.79 Å². The molecule has 0 saturated heterocycles. The Morgan fingerprint density at radius 1 is 0.963 bits per heavy atom. The van der Waals surface area contributed by atoms with Gasteiger partial charge in [-0.1, -0.05) is 18.2 Å². The first-order valence-corrected chi connectivity index (χ1v) is 9.40. The fraction of sp³-hybridized carbons (Fsp3) is 0.476. The highest BCUT2D eigenvalue weighted by Gasteiger charge is 2.23. The van der Waals surface area contributed by atoms with Gasteiger partial charge >= 0.3 is 6.09 Å². The van der Waals surface area contributed by atoms with Gasteiger partial charge in [0.25, 0.3) is 0 Å². The molecule has 0 atom stereocenters. The zero-order chi connectivity index (χ0) is 20.0. The molecule has 0 aliphatic rings. The van der Waals surface area contributed by atoms with Crippen LogP contribution in [0.3, 0.4) is 0 Å². The number of rotatable bonds is 7. The standard InChI is InChI=1S/C21H30N4O2/c1-15(2)24(16(3)4)12-13-25(20-22-17(5)14-18(6)23-20)21(26)27-19-10-8-7-9-11-19/h7-11,14-16H,12-13H2,1-6H3. The third kappa shape index (κ3) is 6.03. The molecule has 2 rings (SSSR count). The predicted octanol–water partition coefficient (Wildman–Crippen LogP) is 4.22. The van der Waals surface area contributed by atoms with E-state index in [0.29, 0.717) is 36.9 Å². The Kier molecular flexibility index (Phi) is 7.30. The monoisotopic (exact) mass is 370 g/mol. The Labute approximate surface area is 162 Å². The normalized spacial score (nSPS) is 11.3. The van der Waals surface area contributed by atoms with Crippen molar-refractivity contribution < 1.29 is 9.53 Å². The van der Waals surface area contributed by atoms with E-state index in [4.69, 9.17) is 4.74 Å². The van der Waals surface area contributed by atoms with Gasteiger partial charge in [0.1, 0.15) is 5.75 Å². The molecule has 2 aromatic rings. The molecule has 0 unspecified atom stereocenters. The fourth-order valence-corrected chi connectivity index (χ4v) is 3.07. The highest BCUT2D eigenvalue weighted by molar-refractivity contribution is 5.87. The number of aromatic nitrogens is 2. The van der Waals surface area contributed by atoms with Gasteiger partial charge in [0.2, 0.25) is 5.95 Å². The second-order valence-corrected chi connectivity index (χ2v) is 7.21. The van der Waals surface area contributed by atoms with E-state index in [1.165, 1.54) is 4.90 Å². The van der Waals surface area contributed by atoms with Gasteiger partial charge in [-0.3, -0.25) is 4.90 Å². The first-order chi connectivity index (χ1) is 12.8. The molecule has 146 valence electrons. The molecule has 0 spiro atoms. The molecule has 1 amide bonds. The van der Waals surface area contributed by atoms with Crippen LogP contribution in [-0.4, -0.2) is 46.1 Å². The first-order valence-electron chi connectivity index (χ1n) is 9.40. The van der Waals surface area contributed by atoms with Crippen molar-refractivity contribution in [1.29, 1.82) is 0 Å². The van der Waals surface area contributed by atoms with Gasteiger partial charge in [-0.15, -0.1) is 0 Å². The van der Waals surface area contributed by atoms with Crippen molar-refractivity contribution in [3.63, 3.8) is 0 Å². The number of benzene rings is 1. The lowest BCUT2D eigenvalue weighted by molar-refractivity contribution is 0.174. The maximum atomic E-state index is 12.9. The van der Waals surface area contributed by atoms with E-state index in [1.807, 2.05) is 38.1 Å². The Balaban J connectivity index is 2.26. The molecule has 1 aromatic heterocycles. The van der Waals surface area contributed by atoms with Crippen LogP contribution in [-0.2, 0) is 0 Å². The van der Waals surface area contributed by atoms with Gasteiger partial charge in [-0.05, 0) is 59.7 Å². The minimum absolute atomic E-state index is 0.372. The average molecular weight is 370 g/mol. The molecule has 1 aromatic carbocycles. The lowest BCUT2D eigenvalue weighted by atomic mass is 10.2. The molecule has 6 nitrogen and oxygen atoms in total. The van der Waals surface area contributed by atoms with Crippen LogP contribution in [0.2, 0.25) is 0 Å². The van der Waals surface area contributed by atoms with Crippen LogP contribution in [0, 0.1) is 13.8 Å². The summed E-state index contributed by atoms with van der Waals surface area (Å²) in [6.07, 6.45) is -0.473. The molecular formula is C21H30N4O2. The Bertz CT molecular complexity index is 719. The van der Waals surface area contributed by atoms with E-state index < -0.39 is 6.09 Å². The van der Waals surface area contributed by atoms with Crippen molar-refractivity contribution in [2.24, 2.45) is 0 Å². The molecule has 0 radical (unpaired) electrons. The number of hydrogen-bond donors (Lipinski definition) is 0. The number of amides is 1. The largest absolute Gasteiger partial charge is 0.422 e. The van der Waals surface area contributed by atoms with Crippen molar-refractivity contribution in [2.75, 3.05) is 18.0 Å². The molecule has 27 heavy (non-hydrogen) atoms. The third-order valence-corrected chi connectivity index (χ3v) is 4.29. The second-order valence-electron chi connectivity index (χ2n) is 7.21. The maximum Gasteiger partial charge on any atom is 0.422 e. The van der Waals surface area contributed by atoms with E-state index in [1.54, 1.807) is 12.1 Å². The minimum Gasteiger partial charge on any atom is -0.410 e. The summed E-state index contributed by atoms with van der Waals surface area (Å²) in [4.78, 5) is 25.7. The molecule has 1 heterocycles. The number of carbonyl (C=O) groups excluding carboxylic acids is 1. The molecule has 6 heteroatoms. The summed E-state index contributed by atoms with van der Waals surface area (Å²) in [5, 5.41) is 0.